The molecule has 0 aliphatic rings. The maximum atomic E-state index is 10.6. The predicted molar refractivity (Wildman–Crippen MR) is 35.6 cm³/mol. The van der Waals surface area contributed by atoms with Crippen LogP contribution in [0.4, 0.5) is 0 Å². The monoisotopic (exact) mass is 342 g/mol. The van der Waals surface area contributed by atoms with E-state index in [1.165, 1.54) is 0 Å². The molecule has 0 aliphatic heterocycles. The Morgan fingerprint density at radius 2 is 2.00 bits per heavy atom. The van der Waals surface area contributed by atoms with Crippen molar-refractivity contribution < 1.29 is 37.1 Å². The number of carboxylic acid groups (broad SMARTS) is 1. The molecule has 0 rings (SSSR count). The largest absolute Gasteiger partial charge is 0.480 e. The number of amides is 1. The fourth-order valence-electron chi connectivity index (χ4n) is 0.490. The second-order valence-electron chi connectivity index (χ2n) is 1.92. The molecule has 2 N–H and O–H groups in total. The van der Waals surface area contributed by atoms with E-state index in [0.717, 1.165) is 6.42 Å². The van der Waals surface area contributed by atoms with Crippen LogP contribution in [0.1, 0.15) is 19.8 Å². The van der Waals surface area contributed by atoms with Gasteiger partial charge in [0.1, 0.15) is 6.54 Å². The summed E-state index contributed by atoms with van der Waals surface area (Å²) in [6.45, 7) is 1.58. The third-order valence-corrected chi connectivity index (χ3v) is 0.914. The number of hydrogen-bond acceptors (Lipinski definition) is 2. The van der Waals surface area contributed by atoms with Gasteiger partial charge in [0.15, 0.2) is 0 Å². The van der Waals surface area contributed by atoms with Crippen molar-refractivity contribution in [1.29, 1.82) is 0 Å². The van der Waals surface area contributed by atoms with Gasteiger partial charge in [-0.15, -0.1) is 0 Å². The van der Waals surface area contributed by atoms with Gasteiger partial charge in [-0.05, 0) is 6.42 Å². The number of carbonyl (C=O) groups is 2. The van der Waals surface area contributed by atoms with Gasteiger partial charge in [-0.1, -0.05) is 6.92 Å². The number of carbonyl (C=O) groups excluding carboxylic acids is 1. The van der Waals surface area contributed by atoms with Crippen molar-refractivity contribution in [3.05, 3.63) is 0 Å². The van der Waals surface area contributed by atoms with Crippen LogP contribution in [0.2, 0.25) is 0 Å². The first-order valence-corrected chi connectivity index (χ1v) is 3.15. The van der Waals surface area contributed by atoms with Gasteiger partial charge < -0.3 is 10.4 Å². The smallest absolute Gasteiger partial charge is 0.322 e. The quantitative estimate of drug-likeness (QED) is 0.706. The SMILES string of the molecule is CCCC(=O)NCC(=O)O.[Au]. The molecule has 11 heavy (non-hydrogen) atoms. The van der Waals surface area contributed by atoms with E-state index in [4.69, 9.17) is 5.11 Å². The van der Waals surface area contributed by atoms with Crippen LogP contribution in [0.3, 0.4) is 0 Å². The topological polar surface area (TPSA) is 66.4 Å². The molecule has 0 aromatic heterocycles. The molecule has 0 aromatic rings. The number of carboxylic acids is 1. The molecule has 1 amide bonds. The van der Waals surface area contributed by atoms with Crippen LogP contribution in [0.15, 0.2) is 0 Å². The van der Waals surface area contributed by atoms with Crippen molar-refractivity contribution in [3.8, 4) is 0 Å². The molecular weight excluding hydrogens is 331 g/mol. The molecule has 0 fully saturated rings. The second kappa shape index (κ2) is 7.78. The van der Waals surface area contributed by atoms with Crippen LogP contribution < -0.4 is 5.32 Å². The number of rotatable bonds is 4. The van der Waals surface area contributed by atoms with Gasteiger partial charge in [0.25, 0.3) is 0 Å². The first kappa shape index (κ1) is 13.3. The number of aliphatic carboxylic acids is 1. The summed E-state index contributed by atoms with van der Waals surface area (Å²) in [7, 11) is 0. The molecule has 0 atom stereocenters. The zero-order valence-electron chi connectivity index (χ0n) is 6.19. The molecule has 0 saturated heterocycles. The molecule has 0 spiro atoms. The summed E-state index contributed by atoms with van der Waals surface area (Å²) in [5, 5.41) is 10.4. The maximum absolute atomic E-state index is 10.6. The van der Waals surface area contributed by atoms with Crippen LogP contribution in [0, 0.1) is 0 Å². The molecule has 1 radical (unpaired) electrons. The molecule has 0 aliphatic carbocycles. The Balaban J connectivity index is 0. The molecule has 4 nitrogen and oxygen atoms in total. The minimum Gasteiger partial charge on any atom is -0.480 e. The summed E-state index contributed by atoms with van der Waals surface area (Å²) < 4.78 is 0. The van der Waals surface area contributed by atoms with Gasteiger partial charge in [-0.2, -0.15) is 0 Å². The third-order valence-electron chi connectivity index (χ3n) is 0.914. The average molecular weight is 342 g/mol. The van der Waals surface area contributed by atoms with Crippen LogP contribution in [-0.4, -0.2) is 23.5 Å². The first-order valence-electron chi connectivity index (χ1n) is 3.15. The fourth-order valence-corrected chi connectivity index (χ4v) is 0.490. The Hall–Kier alpha value is -0.320. The molecule has 0 unspecified atom stereocenters. The average Bonchev–Trinajstić information content (AvgIpc) is 1.85. The van der Waals surface area contributed by atoms with E-state index in [-0.39, 0.29) is 34.8 Å². The number of nitrogens with one attached hydrogen (secondary N) is 1. The van der Waals surface area contributed by atoms with Gasteiger partial charge in [-0.3, -0.25) is 9.59 Å². The molecule has 0 bridgehead atoms. The minimum absolute atomic E-state index is 0. The molecule has 69 valence electrons. The Morgan fingerprint density at radius 1 is 1.45 bits per heavy atom. The minimum atomic E-state index is -1.01. The van der Waals surface area contributed by atoms with E-state index in [2.05, 4.69) is 5.32 Å². The summed E-state index contributed by atoms with van der Waals surface area (Å²) in [4.78, 5) is 20.5. The van der Waals surface area contributed by atoms with E-state index in [9.17, 15) is 9.59 Å². The summed E-state index contributed by atoms with van der Waals surface area (Å²) in [5.74, 6) is -1.21. The van der Waals surface area contributed by atoms with Crippen molar-refractivity contribution in [3.63, 3.8) is 0 Å². The van der Waals surface area contributed by atoms with Crippen LogP contribution in [-0.2, 0) is 32.0 Å². The summed E-state index contributed by atoms with van der Waals surface area (Å²) >= 11 is 0. The van der Waals surface area contributed by atoms with E-state index >= 15 is 0 Å². The molecule has 0 aromatic carbocycles. The van der Waals surface area contributed by atoms with Crippen LogP contribution in [0.5, 0.6) is 0 Å². The number of hydrogen-bond donors (Lipinski definition) is 2. The van der Waals surface area contributed by atoms with Crippen molar-refractivity contribution >= 4 is 11.9 Å². The zero-order valence-corrected chi connectivity index (χ0v) is 8.35. The van der Waals surface area contributed by atoms with Crippen molar-refractivity contribution in [2.45, 2.75) is 19.8 Å². The van der Waals surface area contributed by atoms with Gasteiger partial charge in [0, 0.05) is 28.8 Å². The van der Waals surface area contributed by atoms with Crippen LogP contribution >= 0.6 is 0 Å². The van der Waals surface area contributed by atoms with Gasteiger partial charge in [-0.25, -0.2) is 0 Å². The second-order valence-corrected chi connectivity index (χ2v) is 1.92. The predicted octanol–water partition coefficient (Wildman–Crippen LogP) is -0.0152. The maximum Gasteiger partial charge on any atom is 0.322 e. The molecular formula is C6H11AuNO3. The Bertz CT molecular complexity index is 138. The summed E-state index contributed by atoms with van der Waals surface area (Å²) in [6.07, 6.45) is 1.14. The standard InChI is InChI=1S/C6H11NO3.Au/c1-2-3-5(8)7-4-6(9)10;/h2-4H2,1H3,(H,7,8)(H,9,10);. The van der Waals surface area contributed by atoms with E-state index in [1.807, 2.05) is 6.92 Å². The summed E-state index contributed by atoms with van der Waals surface area (Å²) in [6, 6.07) is 0. The summed E-state index contributed by atoms with van der Waals surface area (Å²) in [5.41, 5.74) is 0. The van der Waals surface area contributed by atoms with E-state index < -0.39 is 5.97 Å². The Kier molecular flexibility index (Phi) is 9.40. The van der Waals surface area contributed by atoms with Crippen molar-refractivity contribution in [2.75, 3.05) is 6.54 Å². The zero-order chi connectivity index (χ0) is 7.98. The van der Waals surface area contributed by atoms with Crippen molar-refractivity contribution in [2.24, 2.45) is 0 Å². The Labute approximate surface area is 80.9 Å². The van der Waals surface area contributed by atoms with Crippen molar-refractivity contribution in [1.82, 2.24) is 5.32 Å². The normalized spacial score (nSPS) is 8.09. The van der Waals surface area contributed by atoms with E-state index in [1.54, 1.807) is 0 Å². The molecule has 5 heteroatoms. The fraction of sp³-hybridized carbons (Fsp3) is 0.667. The molecule has 0 heterocycles. The van der Waals surface area contributed by atoms with Gasteiger partial charge >= 0.3 is 5.97 Å². The van der Waals surface area contributed by atoms with Gasteiger partial charge in [0.05, 0.1) is 0 Å². The molecule has 0 saturated carbocycles. The Morgan fingerprint density at radius 3 is 2.36 bits per heavy atom. The van der Waals surface area contributed by atoms with E-state index in [0.29, 0.717) is 6.42 Å². The third kappa shape index (κ3) is 9.68. The van der Waals surface area contributed by atoms with Crippen LogP contribution in [0.25, 0.3) is 0 Å². The van der Waals surface area contributed by atoms with Gasteiger partial charge in [0.2, 0.25) is 5.91 Å². The first-order chi connectivity index (χ1) is 4.66.